The molecule has 0 saturated heterocycles. The zero-order chi connectivity index (χ0) is 11.4. The Kier molecular flexibility index (Phi) is 3.69. The van der Waals surface area contributed by atoms with Crippen LogP contribution in [0.25, 0.3) is 0 Å². The molecule has 0 aromatic carbocycles. The van der Waals surface area contributed by atoms with Gasteiger partial charge >= 0.3 is 0 Å². The third-order valence-corrected chi connectivity index (χ3v) is 3.06. The first-order chi connectivity index (χ1) is 7.78. The summed E-state index contributed by atoms with van der Waals surface area (Å²) in [5.74, 6) is 0. The molecule has 0 aliphatic rings. The summed E-state index contributed by atoms with van der Waals surface area (Å²) in [6.07, 6.45) is 2.00. The fraction of sp³-hybridized carbons (Fsp3) is 0.455. The van der Waals surface area contributed by atoms with Crippen LogP contribution in [0.4, 0.5) is 0 Å². The summed E-state index contributed by atoms with van der Waals surface area (Å²) >= 11 is 1.68. The molecule has 0 unspecified atom stereocenters. The number of nitrogens with one attached hydrogen (secondary N) is 1. The summed E-state index contributed by atoms with van der Waals surface area (Å²) in [5.41, 5.74) is 2.16. The second-order valence-corrected chi connectivity index (χ2v) is 4.71. The Morgan fingerprint density at radius 1 is 1.44 bits per heavy atom. The number of aryl methyl sites for hydroxylation is 1. The van der Waals surface area contributed by atoms with Crippen LogP contribution in [0, 0.1) is 6.92 Å². The highest BCUT2D eigenvalue weighted by molar-refractivity contribution is 7.09. The van der Waals surface area contributed by atoms with Gasteiger partial charge in [-0.2, -0.15) is 5.10 Å². The fourth-order valence-corrected chi connectivity index (χ4v) is 2.09. The quantitative estimate of drug-likeness (QED) is 0.861. The highest BCUT2D eigenvalue weighted by atomic mass is 32.1. The Hall–Kier alpha value is -1.20. The minimum atomic E-state index is 0.760. The van der Waals surface area contributed by atoms with Gasteiger partial charge in [-0.3, -0.25) is 4.68 Å². The first-order valence-corrected chi connectivity index (χ1v) is 6.30. The number of thiazole rings is 1. The molecule has 0 radical (unpaired) electrons. The lowest BCUT2D eigenvalue weighted by atomic mass is 10.4. The summed E-state index contributed by atoms with van der Waals surface area (Å²) < 4.78 is 1.93. The largest absolute Gasteiger partial charge is 0.311 e. The minimum absolute atomic E-state index is 0.760. The average Bonchev–Trinajstić information content (AvgIpc) is 2.86. The van der Waals surface area contributed by atoms with Gasteiger partial charge in [-0.05, 0) is 19.5 Å². The van der Waals surface area contributed by atoms with E-state index in [4.69, 9.17) is 0 Å². The maximum Gasteiger partial charge on any atom is 0.0898 e. The SMILES string of the molecule is CCNCc1ccn(Cc2csc(C)n2)n1. The van der Waals surface area contributed by atoms with Crippen molar-refractivity contribution < 1.29 is 0 Å². The van der Waals surface area contributed by atoms with E-state index in [1.165, 1.54) is 0 Å². The Morgan fingerprint density at radius 2 is 2.31 bits per heavy atom. The second kappa shape index (κ2) is 5.23. The fourth-order valence-electron chi connectivity index (χ4n) is 1.49. The van der Waals surface area contributed by atoms with E-state index in [1.807, 2.05) is 23.9 Å². The number of nitrogens with zero attached hydrogens (tertiary/aromatic N) is 3. The van der Waals surface area contributed by atoms with E-state index in [2.05, 4.69) is 27.7 Å². The zero-order valence-corrected chi connectivity index (χ0v) is 10.4. The van der Waals surface area contributed by atoms with Crippen LogP contribution >= 0.6 is 11.3 Å². The molecule has 86 valence electrons. The zero-order valence-electron chi connectivity index (χ0n) is 9.60. The number of rotatable bonds is 5. The highest BCUT2D eigenvalue weighted by Gasteiger charge is 2.02. The van der Waals surface area contributed by atoms with E-state index in [9.17, 15) is 0 Å². The van der Waals surface area contributed by atoms with E-state index in [0.29, 0.717) is 0 Å². The van der Waals surface area contributed by atoms with Crippen LogP contribution in [0.5, 0.6) is 0 Å². The predicted molar refractivity (Wildman–Crippen MR) is 65.6 cm³/mol. The molecular weight excluding hydrogens is 220 g/mol. The summed E-state index contributed by atoms with van der Waals surface area (Å²) in [4.78, 5) is 4.42. The summed E-state index contributed by atoms with van der Waals surface area (Å²) in [6, 6.07) is 2.04. The standard InChI is InChI=1S/C11H16N4S/c1-3-12-6-10-4-5-15(14-10)7-11-8-16-9(2)13-11/h4-5,8,12H,3,6-7H2,1-2H3. The third kappa shape index (κ3) is 2.90. The Balaban J connectivity index is 1.97. The lowest BCUT2D eigenvalue weighted by Crippen LogP contribution is -2.12. The topological polar surface area (TPSA) is 42.7 Å². The predicted octanol–water partition coefficient (Wildman–Crippen LogP) is 1.81. The Bertz CT molecular complexity index is 446. The second-order valence-electron chi connectivity index (χ2n) is 3.64. The molecule has 0 aliphatic carbocycles. The third-order valence-electron chi connectivity index (χ3n) is 2.24. The molecule has 16 heavy (non-hydrogen) atoms. The van der Waals surface area contributed by atoms with E-state index in [0.717, 1.165) is 36.0 Å². The molecule has 4 nitrogen and oxygen atoms in total. The van der Waals surface area contributed by atoms with Crippen molar-refractivity contribution in [2.45, 2.75) is 26.9 Å². The van der Waals surface area contributed by atoms with Crippen molar-refractivity contribution in [3.8, 4) is 0 Å². The van der Waals surface area contributed by atoms with Gasteiger partial charge < -0.3 is 5.32 Å². The van der Waals surface area contributed by atoms with E-state index >= 15 is 0 Å². The smallest absolute Gasteiger partial charge is 0.0898 e. The lowest BCUT2D eigenvalue weighted by molar-refractivity contribution is 0.638. The molecule has 1 N–H and O–H groups in total. The van der Waals surface area contributed by atoms with E-state index < -0.39 is 0 Å². The lowest BCUT2D eigenvalue weighted by Gasteiger charge is -1.98. The molecule has 0 aliphatic heterocycles. The van der Waals surface area contributed by atoms with Crippen molar-refractivity contribution in [2.24, 2.45) is 0 Å². The van der Waals surface area contributed by atoms with Crippen molar-refractivity contribution in [3.05, 3.63) is 34.0 Å². The normalized spacial score (nSPS) is 10.9. The Labute approximate surface area is 99.3 Å². The maximum absolute atomic E-state index is 4.47. The van der Waals surface area contributed by atoms with Crippen LogP contribution in [-0.2, 0) is 13.1 Å². The molecule has 2 heterocycles. The van der Waals surface area contributed by atoms with Gasteiger partial charge in [0.15, 0.2) is 0 Å². The van der Waals surface area contributed by atoms with Crippen molar-refractivity contribution in [1.29, 1.82) is 0 Å². The van der Waals surface area contributed by atoms with Crippen molar-refractivity contribution in [2.75, 3.05) is 6.54 Å². The van der Waals surface area contributed by atoms with E-state index in [1.54, 1.807) is 11.3 Å². The summed E-state index contributed by atoms with van der Waals surface area (Å²) in [7, 11) is 0. The molecule has 0 bridgehead atoms. The first kappa shape index (κ1) is 11.3. The van der Waals surface area contributed by atoms with Crippen molar-refractivity contribution in [3.63, 3.8) is 0 Å². The van der Waals surface area contributed by atoms with Crippen LogP contribution in [0.1, 0.15) is 23.3 Å². The van der Waals surface area contributed by atoms with Crippen LogP contribution in [-0.4, -0.2) is 21.3 Å². The van der Waals surface area contributed by atoms with Gasteiger partial charge in [0.2, 0.25) is 0 Å². The highest BCUT2D eigenvalue weighted by Crippen LogP contribution is 2.09. The number of aromatic nitrogens is 3. The van der Waals surface area contributed by atoms with Crippen LogP contribution in [0.2, 0.25) is 0 Å². The Morgan fingerprint density at radius 3 is 3.00 bits per heavy atom. The molecule has 0 saturated carbocycles. The van der Waals surface area contributed by atoms with Gasteiger partial charge in [0.1, 0.15) is 0 Å². The van der Waals surface area contributed by atoms with E-state index in [-0.39, 0.29) is 0 Å². The minimum Gasteiger partial charge on any atom is -0.311 e. The summed E-state index contributed by atoms with van der Waals surface area (Å²) in [6.45, 7) is 6.68. The maximum atomic E-state index is 4.47. The molecule has 5 heteroatoms. The molecule has 0 spiro atoms. The first-order valence-electron chi connectivity index (χ1n) is 5.42. The average molecular weight is 236 g/mol. The van der Waals surface area contributed by atoms with Gasteiger partial charge in [0.25, 0.3) is 0 Å². The van der Waals surface area contributed by atoms with Gasteiger partial charge in [-0.15, -0.1) is 11.3 Å². The molecular formula is C11H16N4S. The molecule has 0 atom stereocenters. The summed E-state index contributed by atoms with van der Waals surface area (Å²) in [5, 5.41) is 10.9. The van der Waals surface area contributed by atoms with Gasteiger partial charge in [-0.1, -0.05) is 6.92 Å². The van der Waals surface area contributed by atoms with Gasteiger partial charge in [0.05, 0.1) is 22.9 Å². The van der Waals surface area contributed by atoms with Crippen molar-refractivity contribution >= 4 is 11.3 Å². The molecule has 0 fully saturated rings. The molecule has 2 rings (SSSR count). The van der Waals surface area contributed by atoms with Crippen LogP contribution in [0.15, 0.2) is 17.6 Å². The van der Waals surface area contributed by atoms with Crippen LogP contribution in [0.3, 0.4) is 0 Å². The van der Waals surface area contributed by atoms with Gasteiger partial charge in [-0.25, -0.2) is 4.98 Å². The van der Waals surface area contributed by atoms with Crippen LogP contribution < -0.4 is 5.32 Å². The molecule has 2 aromatic heterocycles. The van der Waals surface area contributed by atoms with Crippen molar-refractivity contribution in [1.82, 2.24) is 20.1 Å². The number of hydrogen-bond acceptors (Lipinski definition) is 4. The monoisotopic (exact) mass is 236 g/mol. The molecule has 2 aromatic rings. The van der Waals surface area contributed by atoms with Gasteiger partial charge in [0, 0.05) is 18.1 Å². The number of hydrogen-bond donors (Lipinski definition) is 1. The molecule has 0 amide bonds.